The Labute approximate surface area is 168 Å². The fourth-order valence-electron chi connectivity index (χ4n) is 3.17. The second-order valence-corrected chi connectivity index (χ2v) is 7.13. The van der Waals surface area contributed by atoms with Crippen molar-refractivity contribution in [2.75, 3.05) is 36.4 Å². The van der Waals surface area contributed by atoms with Gasteiger partial charge in [0.25, 0.3) is 0 Å². The fraction of sp³-hybridized carbons (Fsp3) is 0.250. The van der Waals surface area contributed by atoms with Crippen molar-refractivity contribution in [2.45, 2.75) is 6.92 Å². The monoisotopic (exact) mass is 396 g/mol. The molecule has 4 rings (SSSR count). The van der Waals surface area contributed by atoms with Gasteiger partial charge in [-0.15, -0.1) is 10.2 Å². The predicted molar refractivity (Wildman–Crippen MR) is 110 cm³/mol. The summed E-state index contributed by atoms with van der Waals surface area (Å²) in [5.74, 6) is 1.60. The van der Waals surface area contributed by atoms with Crippen LogP contribution in [0, 0.1) is 6.92 Å². The van der Waals surface area contributed by atoms with Gasteiger partial charge in [0.1, 0.15) is 0 Å². The molecule has 0 unspecified atom stereocenters. The quantitative estimate of drug-likeness (QED) is 0.734. The van der Waals surface area contributed by atoms with Crippen molar-refractivity contribution < 1.29 is 4.79 Å². The lowest BCUT2D eigenvalue weighted by molar-refractivity contribution is 0.208. The molecule has 144 valence electrons. The van der Waals surface area contributed by atoms with Gasteiger partial charge in [0.05, 0.1) is 10.7 Å². The maximum absolute atomic E-state index is 12.5. The molecule has 0 atom stereocenters. The Morgan fingerprint density at radius 1 is 1.00 bits per heavy atom. The summed E-state index contributed by atoms with van der Waals surface area (Å²) in [5.41, 5.74) is 1.69. The largest absolute Gasteiger partial charge is 0.352 e. The molecule has 8 heteroatoms. The number of benzene rings is 1. The molecule has 1 N–H and O–H groups in total. The zero-order valence-corrected chi connectivity index (χ0v) is 16.3. The molecule has 1 aromatic carbocycles. The number of carbonyl (C=O) groups excluding carboxylic acids is 1. The maximum atomic E-state index is 12.5. The van der Waals surface area contributed by atoms with E-state index in [1.807, 2.05) is 66.3 Å². The van der Waals surface area contributed by atoms with Gasteiger partial charge in [0, 0.05) is 38.6 Å². The number of amides is 2. The molecule has 2 aromatic heterocycles. The van der Waals surface area contributed by atoms with Gasteiger partial charge < -0.3 is 19.7 Å². The first-order chi connectivity index (χ1) is 13.6. The van der Waals surface area contributed by atoms with Crippen molar-refractivity contribution in [1.29, 1.82) is 0 Å². The molecule has 0 radical (unpaired) electrons. The average molecular weight is 397 g/mol. The average Bonchev–Trinajstić information content (AvgIpc) is 3.25. The Morgan fingerprint density at radius 2 is 1.68 bits per heavy atom. The number of nitrogens with zero attached hydrogens (tertiary/aromatic N) is 5. The summed E-state index contributed by atoms with van der Waals surface area (Å²) < 4.78 is 1.91. The molecule has 2 amide bonds. The van der Waals surface area contributed by atoms with E-state index in [0.717, 1.165) is 17.2 Å². The van der Waals surface area contributed by atoms with Crippen LogP contribution in [-0.2, 0) is 0 Å². The first-order valence-electron chi connectivity index (χ1n) is 9.14. The number of hydrogen-bond acceptors (Lipinski definition) is 4. The summed E-state index contributed by atoms with van der Waals surface area (Å²) >= 11 is 6.21. The maximum Gasteiger partial charge on any atom is 0.322 e. The van der Waals surface area contributed by atoms with Crippen molar-refractivity contribution in [3.63, 3.8) is 0 Å². The topological polar surface area (TPSA) is 66.3 Å². The van der Waals surface area contributed by atoms with Crippen molar-refractivity contribution in [3.05, 3.63) is 65.4 Å². The standard InChI is InChI=1S/C20H21ClN6O/c1-15-4-5-17(16(21)14-15)22-20(28)27-12-10-26(11-13-27)19-7-6-18(23-24-19)25-8-2-3-9-25/h2-9,14H,10-13H2,1H3,(H,22,28). The molecule has 28 heavy (non-hydrogen) atoms. The van der Waals surface area contributed by atoms with Crippen LogP contribution >= 0.6 is 11.6 Å². The molecule has 3 heterocycles. The van der Waals surface area contributed by atoms with E-state index in [1.54, 1.807) is 4.90 Å². The molecule has 1 aliphatic rings. The van der Waals surface area contributed by atoms with Crippen LogP contribution in [0.3, 0.4) is 0 Å². The molecule has 0 saturated carbocycles. The van der Waals surface area contributed by atoms with Gasteiger partial charge in [0.15, 0.2) is 11.6 Å². The van der Waals surface area contributed by atoms with Crippen molar-refractivity contribution in [3.8, 4) is 5.82 Å². The zero-order valence-electron chi connectivity index (χ0n) is 15.5. The molecule has 0 aliphatic carbocycles. The van der Waals surface area contributed by atoms with Crippen LogP contribution in [0.4, 0.5) is 16.3 Å². The number of hydrogen-bond donors (Lipinski definition) is 1. The third-order valence-corrected chi connectivity index (χ3v) is 5.08. The number of rotatable bonds is 3. The molecule has 1 saturated heterocycles. The minimum absolute atomic E-state index is 0.139. The third kappa shape index (κ3) is 3.94. The van der Waals surface area contributed by atoms with E-state index in [-0.39, 0.29) is 6.03 Å². The number of anilines is 2. The van der Waals surface area contributed by atoms with Gasteiger partial charge in [-0.05, 0) is 48.9 Å². The predicted octanol–water partition coefficient (Wildman–Crippen LogP) is 3.58. The van der Waals surface area contributed by atoms with E-state index >= 15 is 0 Å². The van der Waals surface area contributed by atoms with Crippen LogP contribution in [-0.4, -0.2) is 51.9 Å². The van der Waals surface area contributed by atoms with Gasteiger partial charge in [-0.2, -0.15) is 0 Å². The summed E-state index contributed by atoms with van der Waals surface area (Å²) in [4.78, 5) is 16.5. The minimum Gasteiger partial charge on any atom is -0.352 e. The number of carbonyl (C=O) groups is 1. The van der Waals surface area contributed by atoms with Gasteiger partial charge in [-0.1, -0.05) is 17.7 Å². The summed E-state index contributed by atoms with van der Waals surface area (Å²) in [5, 5.41) is 12.1. The van der Waals surface area contributed by atoms with Crippen LogP contribution in [0.15, 0.2) is 54.9 Å². The number of halogens is 1. The molecule has 1 fully saturated rings. The van der Waals surface area contributed by atoms with Crippen LogP contribution in [0.2, 0.25) is 5.02 Å². The molecule has 0 spiro atoms. The highest BCUT2D eigenvalue weighted by Gasteiger charge is 2.22. The van der Waals surface area contributed by atoms with Crippen LogP contribution in [0.1, 0.15) is 5.56 Å². The molecule has 1 aliphatic heterocycles. The first kappa shape index (κ1) is 18.3. The second kappa shape index (κ2) is 7.90. The zero-order chi connectivity index (χ0) is 19.5. The molecule has 7 nitrogen and oxygen atoms in total. The molecular formula is C20H21ClN6O. The van der Waals surface area contributed by atoms with E-state index in [4.69, 9.17) is 11.6 Å². The van der Waals surface area contributed by atoms with Crippen LogP contribution in [0.25, 0.3) is 5.82 Å². The van der Waals surface area contributed by atoms with E-state index in [1.165, 1.54) is 0 Å². The van der Waals surface area contributed by atoms with Crippen molar-refractivity contribution in [2.24, 2.45) is 0 Å². The first-order valence-corrected chi connectivity index (χ1v) is 9.52. The van der Waals surface area contributed by atoms with E-state index in [2.05, 4.69) is 20.4 Å². The Balaban J connectivity index is 1.34. The van der Waals surface area contributed by atoms with Crippen LogP contribution < -0.4 is 10.2 Å². The normalized spacial score (nSPS) is 14.2. The van der Waals surface area contributed by atoms with E-state index < -0.39 is 0 Å². The van der Waals surface area contributed by atoms with Crippen LogP contribution in [0.5, 0.6) is 0 Å². The Bertz CT molecular complexity index is 949. The second-order valence-electron chi connectivity index (χ2n) is 6.73. The number of nitrogens with one attached hydrogen (secondary N) is 1. The summed E-state index contributed by atoms with van der Waals surface area (Å²) in [6.07, 6.45) is 3.86. The Hall–Kier alpha value is -3.06. The number of urea groups is 1. The number of piperazine rings is 1. The Kier molecular flexibility index (Phi) is 5.16. The molecular weight excluding hydrogens is 376 g/mol. The van der Waals surface area contributed by atoms with Crippen molar-refractivity contribution >= 4 is 29.1 Å². The smallest absolute Gasteiger partial charge is 0.322 e. The van der Waals surface area contributed by atoms with Gasteiger partial charge >= 0.3 is 6.03 Å². The fourth-order valence-corrected chi connectivity index (χ4v) is 3.45. The lowest BCUT2D eigenvalue weighted by Gasteiger charge is -2.35. The van der Waals surface area contributed by atoms with Gasteiger partial charge in [0.2, 0.25) is 0 Å². The highest BCUT2D eigenvalue weighted by Crippen LogP contribution is 2.23. The molecule has 0 bridgehead atoms. The van der Waals surface area contributed by atoms with Crippen molar-refractivity contribution in [1.82, 2.24) is 19.7 Å². The van der Waals surface area contributed by atoms with E-state index in [0.29, 0.717) is 36.9 Å². The summed E-state index contributed by atoms with van der Waals surface area (Å²) in [6, 6.07) is 13.3. The minimum atomic E-state index is -0.139. The van der Waals surface area contributed by atoms with E-state index in [9.17, 15) is 4.79 Å². The summed E-state index contributed by atoms with van der Waals surface area (Å²) in [7, 11) is 0. The highest BCUT2D eigenvalue weighted by molar-refractivity contribution is 6.33. The van der Waals surface area contributed by atoms with Gasteiger partial charge in [-0.3, -0.25) is 0 Å². The lowest BCUT2D eigenvalue weighted by Crippen LogP contribution is -2.50. The lowest BCUT2D eigenvalue weighted by atomic mass is 10.2. The number of aryl methyl sites for hydroxylation is 1. The third-order valence-electron chi connectivity index (χ3n) is 4.76. The molecule has 3 aromatic rings. The van der Waals surface area contributed by atoms with Gasteiger partial charge in [-0.25, -0.2) is 4.79 Å². The summed E-state index contributed by atoms with van der Waals surface area (Å²) in [6.45, 7) is 4.58. The number of aromatic nitrogens is 3. The SMILES string of the molecule is Cc1ccc(NC(=O)N2CCN(c3ccc(-n4cccc4)nn3)CC2)c(Cl)c1. The Morgan fingerprint density at radius 3 is 2.32 bits per heavy atom. The highest BCUT2D eigenvalue weighted by atomic mass is 35.5.